The van der Waals surface area contributed by atoms with Gasteiger partial charge in [0.1, 0.15) is 17.7 Å². The third-order valence-corrected chi connectivity index (χ3v) is 5.12. The zero-order chi connectivity index (χ0) is 19.5. The van der Waals surface area contributed by atoms with Crippen LogP contribution in [0, 0.1) is 0 Å². The number of pyridine rings is 1. The molecular weight excluding hydrogens is 380 g/mol. The number of amides is 1. The molecule has 0 atom stereocenters. The van der Waals surface area contributed by atoms with Gasteiger partial charge in [-0.2, -0.15) is 0 Å². The third kappa shape index (κ3) is 3.84. The Morgan fingerprint density at radius 1 is 1.14 bits per heavy atom. The standard InChI is InChI=1S/C20H19ClN4O3/c21-16-5-3-9-22-19(16)28-14-7-10-24(11-8-14)18(26)12-25-13-23-17-6-2-1-4-15(17)20(25)27/h1-6,9,13-14H,7-8,10-12H2. The Labute approximate surface area is 166 Å². The number of fused-ring (bicyclic) bond motifs is 1. The third-order valence-electron chi connectivity index (χ3n) is 4.83. The summed E-state index contributed by atoms with van der Waals surface area (Å²) in [7, 11) is 0. The molecule has 4 rings (SSSR count). The average Bonchev–Trinajstić information content (AvgIpc) is 2.72. The fourth-order valence-electron chi connectivity index (χ4n) is 3.30. The molecular formula is C20H19ClN4O3. The maximum absolute atomic E-state index is 12.6. The van der Waals surface area contributed by atoms with E-state index in [0.717, 1.165) is 0 Å². The summed E-state index contributed by atoms with van der Waals surface area (Å²) in [6.45, 7) is 1.10. The van der Waals surface area contributed by atoms with E-state index in [1.165, 1.54) is 10.9 Å². The van der Waals surface area contributed by atoms with Crippen LogP contribution in [0.2, 0.25) is 5.02 Å². The number of benzene rings is 1. The fourth-order valence-corrected chi connectivity index (χ4v) is 3.47. The number of halogens is 1. The van der Waals surface area contributed by atoms with E-state index < -0.39 is 0 Å². The molecule has 0 aliphatic carbocycles. The van der Waals surface area contributed by atoms with E-state index in [0.29, 0.717) is 47.7 Å². The lowest BCUT2D eigenvalue weighted by Crippen LogP contribution is -2.44. The van der Waals surface area contributed by atoms with Gasteiger partial charge in [-0.15, -0.1) is 0 Å². The smallest absolute Gasteiger partial charge is 0.261 e. The maximum Gasteiger partial charge on any atom is 0.261 e. The summed E-state index contributed by atoms with van der Waals surface area (Å²) in [4.78, 5) is 35.3. The van der Waals surface area contributed by atoms with E-state index in [2.05, 4.69) is 9.97 Å². The van der Waals surface area contributed by atoms with Gasteiger partial charge in [-0.25, -0.2) is 9.97 Å². The Bertz CT molecular complexity index is 1060. The number of rotatable bonds is 4. The number of para-hydroxylation sites is 1. The second-order valence-corrected chi connectivity index (χ2v) is 7.09. The number of piperidine rings is 1. The summed E-state index contributed by atoms with van der Waals surface area (Å²) >= 11 is 6.08. The van der Waals surface area contributed by atoms with Crippen molar-refractivity contribution in [2.24, 2.45) is 0 Å². The van der Waals surface area contributed by atoms with Crippen LogP contribution in [0.5, 0.6) is 5.88 Å². The van der Waals surface area contributed by atoms with Crippen molar-refractivity contribution in [2.75, 3.05) is 13.1 Å². The zero-order valence-electron chi connectivity index (χ0n) is 15.1. The molecule has 0 saturated carbocycles. The highest BCUT2D eigenvalue weighted by atomic mass is 35.5. The van der Waals surface area contributed by atoms with Gasteiger partial charge >= 0.3 is 0 Å². The van der Waals surface area contributed by atoms with Gasteiger partial charge in [-0.05, 0) is 24.3 Å². The normalized spacial score (nSPS) is 15.0. The molecule has 7 nitrogen and oxygen atoms in total. The molecule has 0 unspecified atom stereocenters. The summed E-state index contributed by atoms with van der Waals surface area (Å²) in [6.07, 6.45) is 4.39. The number of carbonyl (C=O) groups excluding carboxylic acids is 1. The molecule has 1 aliphatic rings. The minimum atomic E-state index is -0.207. The monoisotopic (exact) mass is 398 g/mol. The molecule has 0 radical (unpaired) electrons. The van der Waals surface area contributed by atoms with Crippen molar-refractivity contribution in [3.05, 3.63) is 64.3 Å². The average molecular weight is 399 g/mol. The van der Waals surface area contributed by atoms with Gasteiger partial charge in [0, 0.05) is 32.1 Å². The summed E-state index contributed by atoms with van der Waals surface area (Å²) in [5, 5.41) is 0.987. The number of hydrogen-bond donors (Lipinski definition) is 0. The molecule has 0 N–H and O–H groups in total. The first-order valence-electron chi connectivity index (χ1n) is 9.11. The molecule has 1 fully saturated rings. The molecule has 1 aromatic carbocycles. The summed E-state index contributed by atoms with van der Waals surface area (Å²) in [6, 6.07) is 10.6. The quantitative estimate of drug-likeness (QED) is 0.674. The topological polar surface area (TPSA) is 77.3 Å². The number of ether oxygens (including phenoxy) is 1. The lowest BCUT2D eigenvalue weighted by Gasteiger charge is -2.32. The van der Waals surface area contributed by atoms with Crippen LogP contribution in [0.15, 0.2) is 53.7 Å². The largest absolute Gasteiger partial charge is 0.473 e. The molecule has 144 valence electrons. The molecule has 28 heavy (non-hydrogen) atoms. The van der Waals surface area contributed by atoms with Crippen molar-refractivity contribution in [3.63, 3.8) is 0 Å². The van der Waals surface area contributed by atoms with Crippen molar-refractivity contribution in [3.8, 4) is 5.88 Å². The van der Waals surface area contributed by atoms with Gasteiger partial charge in [0.15, 0.2) is 0 Å². The van der Waals surface area contributed by atoms with Crippen LogP contribution in [-0.4, -0.2) is 44.5 Å². The molecule has 0 spiro atoms. The van der Waals surface area contributed by atoms with Crippen LogP contribution in [0.25, 0.3) is 10.9 Å². The Hall–Kier alpha value is -2.93. The fraction of sp³-hybridized carbons (Fsp3) is 0.300. The molecule has 1 saturated heterocycles. The van der Waals surface area contributed by atoms with Gasteiger partial charge < -0.3 is 9.64 Å². The summed E-state index contributed by atoms with van der Waals surface area (Å²) < 4.78 is 7.22. The summed E-state index contributed by atoms with van der Waals surface area (Å²) in [5.74, 6) is 0.316. The van der Waals surface area contributed by atoms with Crippen LogP contribution in [0.3, 0.4) is 0 Å². The van der Waals surface area contributed by atoms with Crippen LogP contribution >= 0.6 is 11.6 Å². The Balaban J connectivity index is 1.37. The molecule has 3 heterocycles. The van der Waals surface area contributed by atoms with Crippen molar-refractivity contribution < 1.29 is 9.53 Å². The van der Waals surface area contributed by atoms with E-state index in [1.807, 2.05) is 6.07 Å². The number of nitrogens with zero attached hydrogens (tertiary/aromatic N) is 4. The van der Waals surface area contributed by atoms with E-state index >= 15 is 0 Å². The molecule has 3 aromatic rings. The second kappa shape index (κ2) is 7.98. The van der Waals surface area contributed by atoms with Crippen LogP contribution in [0.4, 0.5) is 0 Å². The predicted octanol–water partition coefficient (Wildman–Crippen LogP) is 2.51. The van der Waals surface area contributed by atoms with Crippen molar-refractivity contribution >= 4 is 28.4 Å². The first kappa shape index (κ1) is 18.4. The Kier molecular flexibility index (Phi) is 5.25. The van der Waals surface area contributed by atoms with Gasteiger partial charge in [-0.1, -0.05) is 23.7 Å². The zero-order valence-corrected chi connectivity index (χ0v) is 15.9. The number of aromatic nitrogens is 3. The number of hydrogen-bond acceptors (Lipinski definition) is 5. The number of carbonyl (C=O) groups is 1. The van der Waals surface area contributed by atoms with Gasteiger partial charge in [-0.3, -0.25) is 14.2 Å². The first-order valence-corrected chi connectivity index (χ1v) is 9.49. The summed E-state index contributed by atoms with van der Waals surface area (Å²) in [5.41, 5.74) is 0.421. The first-order chi connectivity index (χ1) is 13.6. The second-order valence-electron chi connectivity index (χ2n) is 6.68. The predicted molar refractivity (Wildman–Crippen MR) is 105 cm³/mol. The van der Waals surface area contributed by atoms with Crippen LogP contribution in [0.1, 0.15) is 12.8 Å². The van der Waals surface area contributed by atoms with Gasteiger partial charge in [0.25, 0.3) is 5.56 Å². The lowest BCUT2D eigenvalue weighted by molar-refractivity contribution is -0.133. The number of likely N-dealkylation sites (tertiary alicyclic amines) is 1. The van der Waals surface area contributed by atoms with E-state index in [9.17, 15) is 9.59 Å². The van der Waals surface area contributed by atoms with Gasteiger partial charge in [0.05, 0.1) is 17.2 Å². The van der Waals surface area contributed by atoms with E-state index in [4.69, 9.17) is 16.3 Å². The maximum atomic E-state index is 12.6. The Morgan fingerprint density at radius 2 is 1.93 bits per heavy atom. The lowest BCUT2D eigenvalue weighted by atomic mass is 10.1. The highest BCUT2D eigenvalue weighted by Crippen LogP contribution is 2.24. The SMILES string of the molecule is O=C(Cn1cnc2ccccc2c1=O)N1CCC(Oc2ncccc2Cl)CC1. The van der Waals surface area contributed by atoms with E-state index in [1.54, 1.807) is 41.4 Å². The van der Waals surface area contributed by atoms with E-state index in [-0.39, 0.29) is 24.1 Å². The minimum absolute atomic E-state index is 0.0196. The minimum Gasteiger partial charge on any atom is -0.473 e. The highest BCUT2D eigenvalue weighted by molar-refractivity contribution is 6.31. The highest BCUT2D eigenvalue weighted by Gasteiger charge is 2.25. The Morgan fingerprint density at radius 3 is 2.71 bits per heavy atom. The molecule has 1 aliphatic heterocycles. The molecule has 1 amide bonds. The molecule has 8 heteroatoms. The van der Waals surface area contributed by atoms with Crippen molar-refractivity contribution in [1.82, 2.24) is 19.4 Å². The van der Waals surface area contributed by atoms with Crippen molar-refractivity contribution in [2.45, 2.75) is 25.5 Å². The van der Waals surface area contributed by atoms with Crippen LogP contribution < -0.4 is 10.3 Å². The molecule has 2 aromatic heterocycles. The van der Waals surface area contributed by atoms with Crippen LogP contribution in [-0.2, 0) is 11.3 Å². The molecule has 0 bridgehead atoms. The van der Waals surface area contributed by atoms with Crippen molar-refractivity contribution in [1.29, 1.82) is 0 Å². The van der Waals surface area contributed by atoms with Gasteiger partial charge in [0.2, 0.25) is 11.8 Å².